The van der Waals surface area contributed by atoms with Gasteiger partial charge in [-0.25, -0.2) is 4.98 Å². The van der Waals surface area contributed by atoms with Gasteiger partial charge in [0.25, 0.3) is 0 Å². The predicted octanol–water partition coefficient (Wildman–Crippen LogP) is 7.54. The van der Waals surface area contributed by atoms with Crippen molar-refractivity contribution in [2.45, 2.75) is 52.4 Å². The number of hydrogen-bond acceptors (Lipinski definition) is 4. The molecule has 1 heterocycles. The minimum Gasteiger partial charge on any atom is -0.493 e. The summed E-state index contributed by atoms with van der Waals surface area (Å²) in [7, 11) is 0. The lowest BCUT2D eigenvalue weighted by molar-refractivity contribution is 0.244. The molecule has 0 atom stereocenters. The highest BCUT2D eigenvalue weighted by molar-refractivity contribution is 7.13. The maximum atomic E-state index is 6.20. The van der Waals surface area contributed by atoms with Crippen molar-refractivity contribution in [1.29, 1.82) is 0 Å². The maximum absolute atomic E-state index is 6.20. The molecule has 3 aromatic rings. The Labute approximate surface area is 192 Å². The molecule has 0 aliphatic carbocycles. The molecule has 2 aromatic carbocycles. The highest BCUT2D eigenvalue weighted by atomic mass is 32.1. The number of unbranched alkanes of at least 4 members (excludes halogenated alkanes) is 3. The zero-order chi connectivity index (χ0) is 21.7. The van der Waals surface area contributed by atoms with E-state index in [9.17, 15) is 0 Å². The van der Waals surface area contributed by atoms with Crippen LogP contribution in [0.25, 0.3) is 21.8 Å². The molecular formula is C27H36N2OS. The van der Waals surface area contributed by atoms with Gasteiger partial charge in [-0.1, -0.05) is 69.2 Å². The third-order valence-electron chi connectivity index (χ3n) is 5.47. The fraction of sp³-hybridized carbons (Fsp3) is 0.444. The van der Waals surface area contributed by atoms with E-state index >= 15 is 0 Å². The van der Waals surface area contributed by atoms with Crippen molar-refractivity contribution in [3.8, 4) is 27.6 Å². The van der Waals surface area contributed by atoms with E-state index in [2.05, 4.69) is 66.6 Å². The molecule has 0 saturated carbocycles. The lowest BCUT2D eigenvalue weighted by Crippen LogP contribution is -2.27. The van der Waals surface area contributed by atoms with Crippen molar-refractivity contribution in [1.82, 2.24) is 9.88 Å². The Bertz CT molecular complexity index is 870. The van der Waals surface area contributed by atoms with Crippen LogP contribution < -0.4 is 4.74 Å². The van der Waals surface area contributed by atoms with E-state index in [0.717, 1.165) is 40.6 Å². The van der Waals surface area contributed by atoms with Crippen molar-refractivity contribution in [2.24, 2.45) is 0 Å². The van der Waals surface area contributed by atoms with Gasteiger partial charge in [0.05, 0.1) is 12.3 Å². The quantitative estimate of drug-likeness (QED) is 0.244. The standard InChI is InChI=1S/C27H36N2OS/c1-3-5-18-29(19-6-4-2)20-12-13-21-30-26-17-11-10-16-24(26)25-22-31-27(28-25)23-14-8-7-9-15-23/h7-11,14-17,22H,3-6,12-13,18-21H2,1-2H3. The number of nitrogens with zero attached hydrogens (tertiary/aromatic N) is 2. The summed E-state index contributed by atoms with van der Waals surface area (Å²) in [6.45, 7) is 8.93. The molecule has 0 aliphatic heterocycles. The molecule has 31 heavy (non-hydrogen) atoms. The smallest absolute Gasteiger partial charge is 0.128 e. The Morgan fingerprint density at radius 3 is 2.23 bits per heavy atom. The third-order valence-corrected chi connectivity index (χ3v) is 6.36. The van der Waals surface area contributed by atoms with Gasteiger partial charge in [0.2, 0.25) is 0 Å². The molecule has 0 N–H and O–H groups in total. The number of benzene rings is 2. The van der Waals surface area contributed by atoms with Crippen LogP contribution in [0.1, 0.15) is 52.4 Å². The summed E-state index contributed by atoms with van der Waals surface area (Å²) >= 11 is 1.68. The minimum atomic E-state index is 0.752. The monoisotopic (exact) mass is 436 g/mol. The Balaban J connectivity index is 1.52. The van der Waals surface area contributed by atoms with Crippen molar-refractivity contribution in [3.63, 3.8) is 0 Å². The Morgan fingerprint density at radius 1 is 0.806 bits per heavy atom. The van der Waals surface area contributed by atoms with E-state index in [-0.39, 0.29) is 0 Å². The van der Waals surface area contributed by atoms with Crippen molar-refractivity contribution in [3.05, 3.63) is 60.0 Å². The van der Waals surface area contributed by atoms with E-state index in [4.69, 9.17) is 9.72 Å². The first-order valence-electron chi connectivity index (χ1n) is 11.8. The van der Waals surface area contributed by atoms with Gasteiger partial charge in [-0.05, 0) is 57.5 Å². The Morgan fingerprint density at radius 2 is 1.48 bits per heavy atom. The van der Waals surface area contributed by atoms with Crippen LogP contribution >= 0.6 is 11.3 Å². The van der Waals surface area contributed by atoms with Crippen LogP contribution in [0.15, 0.2) is 60.0 Å². The summed E-state index contributed by atoms with van der Waals surface area (Å²) in [6, 6.07) is 18.6. The van der Waals surface area contributed by atoms with Gasteiger partial charge in [0.15, 0.2) is 0 Å². The van der Waals surface area contributed by atoms with Gasteiger partial charge >= 0.3 is 0 Å². The lowest BCUT2D eigenvalue weighted by Gasteiger charge is -2.21. The maximum Gasteiger partial charge on any atom is 0.128 e. The second-order valence-corrected chi connectivity index (χ2v) is 8.86. The van der Waals surface area contributed by atoms with Crippen molar-refractivity contribution < 1.29 is 4.74 Å². The molecule has 0 bridgehead atoms. The van der Waals surface area contributed by atoms with E-state index in [1.165, 1.54) is 51.7 Å². The first-order valence-corrected chi connectivity index (χ1v) is 12.6. The summed E-state index contributed by atoms with van der Waals surface area (Å²) in [5.41, 5.74) is 3.23. The number of ether oxygens (including phenoxy) is 1. The molecule has 3 rings (SSSR count). The SMILES string of the molecule is CCCCN(CCCC)CCCCOc1ccccc1-c1csc(-c2ccccc2)n1. The topological polar surface area (TPSA) is 25.4 Å². The van der Waals surface area contributed by atoms with Gasteiger partial charge in [-0.15, -0.1) is 11.3 Å². The first-order chi connectivity index (χ1) is 15.3. The van der Waals surface area contributed by atoms with Gasteiger partial charge in [0, 0.05) is 16.5 Å². The average Bonchev–Trinajstić information content (AvgIpc) is 3.31. The van der Waals surface area contributed by atoms with Crippen LogP contribution in [0.3, 0.4) is 0 Å². The van der Waals surface area contributed by atoms with Crippen LogP contribution in [-0.4, -0.2) is 36.1 Å². The molecule has 0 spiro atoms. The highest BCUT2D eigenvalue weighted by Crippen LogP contribution is 2.33. The van der Waals surface area contributed by atoms with Crippen molar-refractivity contribution >= 4 is 11.3 Å². The molecule has 4 heteroatoms. The highest BCUT2D eigenvalue weighted by Gasteiger charge is 2.11. The van der Waals surface area contributed by atoms with E-state index in [1.54, 1.807) is 11.3 Å². The van der Waals surface area contributed by atoms with Gasteiger partial charge in [-0.3, -0.25) is 0 Å². The van der Waals surface area contributed by atoms with Gasteiger partial charge in [0.1, 0.15) is 10.8 Å². The van der Waals surface area contributed by atoms with Crippen LogP contribution in [0.4, 0.5) is 0 Å². The minimum absolute atomic E-state index is 0.752. The van der Waals surface area contributed by atoms with E-state index < -0.39 is 0 Å². The van der Waals surface area contributed by atoms with Gasteiger partial charge < -0.3 is 9.64 Å². The first kappa shape index (κ1) is 23.5. The molecule has 3 nitrogen and oxygen atoms in total. The van der Waals surface area contributed by atoms with Crippen molar-refractivity contribution in [2.75, 3.05) is 26.2 Å². The average molecular weight is 437 g/mol. The Kier molecular flexibility index (Phi) is 10.1. The predicted molar refractivity (Wildman–Crippen MR) is 134 cm³/mol. The largest absolute Gasteiger partial charge is 0.493 e. The van der Waals surface area contributed by atoms with Crippen LogP contribution in [-0.2, 0) is 0 Å². The molecule has 1 aromatic heterocycles. The number of rotatable bonds is 14. The molecular weight excluding hydrogens is 400 g/mol. The summed E-state index contributed by atoms with van der Waals surface area (Å²) in [4.78, 5) is 7.49. The van der Waals surface area contributed by atoms with Crippen LogP contribution in [0.2, 0.25) is 0 Å². The molecule has 166 valence electrons. The summed E-state index contributed by atoms with van der Waals surface area (Å²) in [5.74, 6) is 0.932. The molecule has 0 aliphatic rings. The van der Waals surface area contributed by atoms with Gasteiger partial charge in [-0.2, -0.15) is 0 Å². The second-order valence-electron chi connectivity index (χ2n) is 8.00. The fourth-order valence-corrected chi connectivity index (χ4v) is 4.46. The number of thiazole rings is 1. The molecule has 0 radical (unpaired) electrons. The third kappa shape index (κ3) is 7.48. The Hall–Kier alpha value is -2.17. The zero-order valence-electron chi connectivity index (χ0n) is 19.1. The number of aromatic nitrogens is 1. The normalized spacial score (nSPS) is 11.2. The number of hydrogen-bond donors (Lipinski definition) is 0. The van der Waals surface area contributed by atoms with E-state index in [0.29, 0.717) is 0 Å². The summed E-state index contributed by atoms with van der Waals surface area (Å²) < 4.78 is 6.20. The van der Waals surface area contributed by atoms with E-state index in [1.807, 2.05) is 12.1 Å². The summed E-state index contributed by atoms with van der Waals surface area (Å²) in [6.07, 6.45) is 7.40. The molecule has 0 saturated heterocycles. The summed E-state index contributed by atoms with van der Waals surface area (Å²) in [5, 5.41) is 3.17. The zero-order valence-corrected chi connectivity index (χ0v) is 19.9. The molecule has 0 amide bonds. The lowest BCUT2D eigenvalue weighted by atomic mass is 10.1. The fourth-order valence-electron chi connectivity index (χ4n) is 3.63. The molecule has 0 fully saturated rings. The second kappa shape index (κ2) is 13.3. The van der Waals surface area contributed by atoms with Crippen LogP contribution in [0, 0.1) is 0 Å². The number of para-hydroxylation sites is 1. The van der Waals surface area contributed by atoms with Crippen LogP contribution in [0.5, 0.6) is 5.75 Å². The molecule has 0 unspecified atom stereocenters.